The van der Waals surface area contributed by atoms with Gasteiger partial charge in [0.1, 0.15) is 24.4 Å². The summed E-state index contributed by atoms with van der Waals surface area (Å²) in [6.45, 7) is 0.740. The van der Waals surface area contributed by atoms with Crippen molar-refractivity contribution in [2.45, 2.75) is 56.6 Å². The van der Waals surface area contributed by atoms with E-state index in [2.05, 4.69) is 5.32 Å². The van der Waals surface area contributed by atoms with Crippen LogP contribution in [0.2, 0.25) is 0 Å². The van der Waals surface area contributed by atoms with Gasteiger partial charge in [-0.15, -0.1) is 11.8 Å². The van der Waals surface area contributed by atoms with Crippen LogP contribution in [0, 0.1) is 26.1 Å². The summed E-state index contributed by atoms with van der Waals surface area (Å²) in [5.74, 6) is -2.90. The molecule has 1 aliphatic rings. The van der Waals surface area contributed by atoms with Crippen LogP contribution in [-0.4, -0.2) is 78.2 Å². The number of aliphatic hydroxyl groups excluding tert-OH is 1. The lowest BCUT2D eigenvalue weighted by molar-refractivity contribution is -0.385. The minimum atomic E-state index is -3.44. The molecule has 0 spiro atoms. The Bertz CT molecular complexity index is 2410. The van der Waals surface area contributed by atoms with E-state index in [0.717, 1.165) is 0 Å². The number of hydrogen-bond donors (Lipinski definition) is 2. The number of aliphatic hydroxyl groups is 1. The van der Waals surface area contributed by atoms with Gasteiger partial charge in [-0.2, -0.15) is 0 Å². The fraction of sp³-hybridized carbons (Fsp3) is 0.239. The van der Waals surface area contributed by atoms with Gasteiger partial charge < -0.3 is 19.9 Å². The minimum absolute atomic E-state index is 0.0210. The second-order valence-electron chi connectivity index (χ2n) is 14.8. The maximum Gasteiger partial charge on any atom is 0.407 e. The standard InChI is InChI=1S/C46H45N4O11PS/c1-30(27-47-46(55)61-29-34-21-25-36(26-22-34)50(58)59)63-42(32(3)52)41-40(31(2)51)43(53)48(41)44(45(54)60-28-33-19-23-35(24-20-33)49(56)57)62(37-13-7-4-8-14-37,38-15-9-5-10-16-38)39-17-11-6-12-18-39/h4-26,30-31,40-42,51H,27-29H2,1-3H3,(H,47,55)/t30-,31-,40-,41-,42?/m1/s1. The molecule has 17 heteroatoms. The third-order valence-electron chi connectivity index (χ3n) is 10.5. The van der Waals surface area contributed by atoms with E-state index in [1.807, 2.05) is 91.0 Å². The highest BCUT2D eigenvalue weighted by atomic mass is 32.2. The van der Waals surface area contributed by atoms with Gasteiger partial charge in [0.25, 0.3) is 11.4 Å². The van der Waals surface area contributed by atoms with Gasteiger partial charge in [-0.05, 0) is 65.2 Å². The monoisotopic (exact) mass is 892 g/mol. The van der Waals surface area contributed by atoms with Gasteiger partial charge in [0, 0.05) is 42.9 Å². The lowest BCUT2D eigenvalue weighted by Gasteiger charge is -2.53. The Morgan fingerprint density at radius 3 is 1.56 bits per heavy atom. The molecule has 6 rings (SSSR count). The smallest absolute Gasteiger partial charge is 0.407 e. The second kappa shape index (κ2) is 20.5. The molecular formula is C46H45N4O11PS. The number of non-ortho nitro benzene ring substituents is 2. The Balaban J connectivity index is 1.43. The first-order chi connectivity index (χ1) is 30.2. The van der Waals surface area contributed by atoms with E-state index in [9.17, 15) is 39.7 Å². The number of esters is 1. The molecule has 0 aliphatic carbocycles. The summed E-state index contributed by atoms with van der Waals surface area (Å²) < 4.78 is 11.4. The lowest BCUT2D eigenvalue weighted by atomic mass is 9.80. The number of carbonyl (C=O) groups excluding carboxylic acids is 4. The molecule has 5 atom stereocenters. The number of nitrogens with zero attached hydrogens (tertiary/aromatic N) is 3. The van der Waals surface area contributed by atoms with Crippen molar-refractivity contribution in [3.8, 4) is 0 Å². The summed E-state index contributed by atoms with van der Waals surface area (Å²) in [7, 11) is 0. The molecular weight excluding hydrogens is 848 g/mol. The van der Waals surface area contributed by atoms with Crippen LogP contribution in [0.5, 0.6) is 0 Å². The summed E-state index contributed by atoms with van der Waals surface area (Å²) in [4.78, 5) is 79.4. The number of ether oxygens (including phenoxy) is 2. The van der Waals surface area contributed by atoms with Crippen molar-refractivity contribution in [3.05, 3.63) is 171 Å². The highest BCUT2D eigenvalue weighted by Gasteiger charge is 2.59. The minimum Gasteiger partial charge on any atom is -0.456 e. The zero-order valence-electron chi connectivity index (χ0n) is 34.5. The van der Waals surface area contributed by atoms with Crippen LogP contribution < -0.4 is 21.2 Å². The number of amides is 2. The van der Waals surface area contributed by atoms with Crippen LogP contribution in [0.25, 0.3) is 0 Å². The first-order valence-corrected chi connectivity index (χ1v) is 22.6. The third-order valence-corrected chi connectivity index (χ3v) is 16.3. The van der Waals surface area contributed by atoms with Crippen molar-refractivity contribution in [3.63, 3.8) is 0 Å². The topological polar surface area (TPSA) is 209 Å². The Morgan fingerprint density at radius 2 is 1.16 bits per heavy atom. The van der Waals surface area contributed by atoms with E-state index < -0.39 is 63.3 Å². The number of β-lactam (4-membered cyclic amide) rings is 1. The number of alkyl carbamates (subject to hydrolysis) is 1. The van der Waals surface area contributed by atoms with E-state index >= 15 is 4.79 Å². The number of Topliss-reactive ketones (excluding diaryl/α,β-unsaturated/α-hetero) is 1. The average molecular weight is 893 g/mol. The van der Waals surface area contributed by atoms with Crippen LogP contribution in [0.4, 0.5) is 16.2 Å². The number of nitrogens with one attached hydrogen (secondary N) is 1. The number of ketones is 1. The molecule has 1 aliphatic heterocycles. The number of nitro groups is 2. The van der Waals surface area contributed by atoms with Crippen LogP contribution in [-0.2, 0) is 37.1 Å². The molecule has 5 aromatic carbocycles. The van der Waals surface area contributed by atoms with Crippen molar-refractivity contribution < 1.29 is 43.6 Å². The van der Waals surface area contributed by atoms with Gasteiger partial charge >= 0.3 is 12.1 Å². The summed E-state index contributed by atoms with van der Waals surface area (Å²) in [5, 5.41) is 36.9. The highest BCUT2D eigenvalue weighted by molar-refractivity contribution is 8.01. The summed E-state index contributed by atoms with van der Waals surface area (Å²) in [6, 6.07) is 37.9. The summed E-state index contributed by atoms with van der Waals surface area (Å²) in [6.07, 6.45) is -2.00. The van der Waals surface area contributed by atoms with Crippen molar-refractivity contribution in [1.82, 2.24) is 10.2 Å². The van der Waals surface area contributed by atoms with E-state index in [0.29, 0.717) is 27.0 Å². The second-order valence-corrected chi connectivity index (χ2v) is 19.7. The Hall–Kier alpha value is -6.61. The zero-order valence-corrected chi connectivity index (χ0v) is 36.2. The number of likely N-dealkylation sites (tertiary alicyclic amines) is 1. The molecule has 0 radical (unpaired) electrons. The van der Waals surface area contributed by atoms with Gasteiger partial charge in [0.15, 0.2) is 0 Å². The average Bonchev–Trinajstić information content (AvgIpc) is 3.28. The third kappa shape index (κ3) is 10.2. The molecule has 326 valence electrons. The Labute approximate surface area is 367 Å². The van der Waals surface area contributed by atoms with E-state index in [1.165, 1.54) is 79.0 Å². The number of benzene rings is 5. The van der Waals surface area contributed by atoms with Crippen LogP contribution in [0.3, 0.4) is 0 Å². The summed E-state index contributed by atoms with van der Waals surface area (Å²) in [5.41, 5.74) is 0.721. The van der Waals surface area contributed by atoms with Crippen LogP contribution in [0.1, 0.15) is 31.9 Å². The molecule has 0 bridgehead atoms. The molecule has 2 N–H and O–H groups in total. The fourth-order valence-corrected chi connectivity index (χ4v) is 13.2. The number of rotatable bonds is 18. The van der Waals surface area contributed by atoms with Crippen molar-refractivity contribution in [1.29, 1.82) is 0 Å². The number of thioether (sulfide) groups is 1. The molecule has 1 unspecified atom stereocenters. The van der Waals surface area contributed by atoms with Crippen molar-refractivity contribution in [2.24, 2.45) is 5.92 Å². The van der Waals surface area contributed by atoms with E-state index in [1.54, 1.807) is 6.92 Å². The van der Waals surface area contributed by atoms with Gasteiger partial charge in [-0.3, -0.25) is 34.7 Å². The molecule has 63 heavy (non-hydrogen) atoms. The quantitative estimate of drug-likeness (QED) is 0.0348. The number of hydrogen-bond acceptors (Lipinski definition) is 12. The van der Waals surface area contributed by atoms with Gasteiger partial charge in [0.05, 0.1) is 33.2 Å². The molecule has 15 nitrogen and oxygen atoms in total. The Kier molecular flexibility index (Phi) is 14.9. The number of carbonyl (C=O) groups is 4. The Morgan fingerprint density at radius 1 is 0.730 bits per heavy atom. The van der Waals surface area contributed by atoms with Gasteiger partial charge in [0.2, 0.25) is 5.91 Å². The largest absolute Gasteiger partial charge is 0.456 e. The molecule has 5 aromatic rings. The maximum atomic E-state index is 15.3. The van der Waals surface area contributed by atoms with Crippen molar-refractivity contribution >= 4 is 75.1 Å². The summed E-state index contributed by atoms with van der Waals surface area (Å²) >= 11 is 1.17. The van der Waals surface area contributed by atoms with Gasteiger partial charge in [-0.25, -0.2) is 9.59 Å². The van der Waals surface area contributed by atoms with Gasteiger partial charge in [-0.1, -0.05) is 97.9 Å². The predicted octanol–water partition coefficient (Wildman–Crippen LogP) is 5.88. The first-order valence-electron chi connectivity index (χ1n) is 19.9. The lowest BCUT2D eigenvalue weighted by Crippen LogP contribution is -2.72. The van der Waals surface area contributed by atoms with Crippen LogP contribution in [0.15, 0.2) is 140 Å². The SMILES string of the molecule is CC(=O)C(S[C@H](C)CNC(=O)OCc1ccc([N+](=O)[O-])cc1)[C@H]1[C@@H]([C@@H](C)O)C(=O)N1C(C(=O)OCc1ccc([N+](=O)[O-])cc1)=P(c1ccccc1)(c1ccccc1)c1ccccc1. The zero-order chi connectivity index (χ0) is 45.3. The van der Waals surface area contributed by atoms with Crippen LogP contribution >= 0.6 is 18.6 Å². The molecule has 1 heterocycles. The molecule has 0 saturated carbocycles. The van der Waals surface area contributed by atoms with E-state index in [-0.39, 0.29) is 42.3 Å². The highest BCUT2D eigenvalue weighted by Crippen LogP contribution is 2.51. The maximum absolute atomic E-state index is 15.3. The normalized spacial score (nSPS) is 16.1. The fourth-order valence-electron chi connectivity index (χ4n) is 7.54. The first kappa shape index (κ1) is 45.9. The molecule has 1 saturated heterocycles. The molecule has 1 fully saturated rings. The van der Waals surface area contributed by atoms with Crippen molar-refractivity contribution in [2.75, 3.05) is 6.54 Å². The molecule has 0 aromatic heterocycles. The van der Waals surface area contributed by atoms with E-state index in [4.69, 9.17) is 9.47 Å². The predicted molar refractivity (Wildman–Crippen MR) is 242 cm³/mol. The molecule has 2 amide bonds. The number of nitro benzene ring substituents is 2.